The van der Waals surface area contributed by atoms with Gasteiger partial charge in [-0.05, 0) is 14.1 Å². The zero-order chi connectivity index (χ0) is 15.6. The van der Waals surface area contributed by atoms with Crippen LogP contribution in [0.25, 0.3) is 0 Å². The van der Waals surface area contributed by atoms with Crippen LogP contribution >= 0.6 is 0 Å². The maximum absolute atomic E-state index is 11.7. The lowest BCUT2D eigenvalue weighted by atomic mass is 10.6. The largest absolute Gasteiger partial charge is 0.378 e. The van der Waals surface area contributed by atoms with Gasteiger partial charge in [0.15, 0.2) is 0 Å². The molecule has 0 aliphatic heterocycles. The van der Waals surface area contributed by atoms with Crippen molar-refractivity contribution in [3.05, 3.63) is 0 Å². The molecule has 0 N–H and O–H groups in total. The minimum atomic E-state index is -0.455. The summed E-state index contributed by atoms with van der Waals surface area (Å²) in [5.41, 5.74) is 0. The molecule has 0 heterocycles. The first kappa shape index (κ1) is 20.7. The van der Waals surface area contributed by atoms with Crippen molar-refractivity contribution in [1.29, 1.82) is 0 Å². The van der Waals surface area contributed by atoms with E-state index in [2.05, 4.69) is 4.90 Å². The van der Waals surface area contributed by atoms with Crippen LogP contribution in [0.3, 0.4) is 0 Å². The number of rotatable bonds is 17. The van der Waals surface area contributed by atoms with Crippen LogP contribution in [-0.2, 0) is 23.7 Å². The SMILES string of the molecule is CN(C)CCOCCOCCOCCOCCOCCF. The second-order valence-electron chi connectivity index (χ2n) is 4.55. The van der Waals surface area contributed by atoms with Crippen molar-refractivity contribution in [2.75, 3.05) is 93.4 Å². The lowest BCUT2D eigenvalue weighted by Gasteiger charge is -2.10. The normalized spacial score (nSPS) is 11.4. The molecule has 0 aromatic carbocycles. The molecule has 0 amide bonds. The fourth-order valence-electron chi connectivity index (χ4n) is 1.28. The molecular formula is C14H30FNO5. The topological polar surface area (TPSA) is 49.4 Å². The van der Waals surface area contributed by atoms with Gasteiger partial charge in [-0.1, -0.05) is 0 Å². The van der Waals surface area contributed by atoms with Gasteiger partial charge in [-0.15, -0.1) is 0 Å². The Morgan fingerprint density at radius 1 is 0.571 bits per heavy atom. The lowest BCUT2D eigenvalue weighted by Crippen LogP contribution is -2.19. The molecule has 0 saturated heterocycles. The summed E-state index contributed by atoms with van der Waals surface area (Å²) in [6.07, 6.45) is 0. The smallest absolute Gasteiger partial charge is 0.113 e. The minimum Gasteiger partial charge on any atom is -0.378 e. The van der Waals surface area contributed by atoms with E-state index < -0.39 is 6.67 Å². The number of hydrogen-bond donors (Lipinski definition) is 0. The molecule has 21 heavy (non-hydrogen) atoms. The third-order valence-corrected chi connectivity index (χ3v) is 2.39. The van der Waals surface area contributed by atoms with Crippen molar-refractivity contribution in [2.24, 2.45) is 0 Å². The van der Waals surface area contributed by atoms with Crippen LogP contribution in [0, 0.1) is 0 Å². The van der Waals surface area contributed by atoms with Crippen molar-refractivity contribution in [3.63, 3.8) is 0 Å². The van der Waals surface area contributed by atoms with Crippen molar-refractivity contribution in [3.8, 4) is 0 Å². The van der Waals surface area contributed by atoms with E-state index in [9.17, 15) is 4.39 Å². The van der Waals surface area contributed by atoms with Crippen LogP contribution in [-0.4, -0.2) is 98.3 Å². The number of nitrogens with zero attached hydrogens (tertiary/aromatic N) is 1. The Morgan fingerprint density at radius 3 is 1.24 bits per heavy atom. The molecule has 0 bridgehead atoms. The molecule has 0 rings (SSSR count). The molecule has 0 spiro atoms. The molecule has 0 aliphatic rings. The monoisotopic (exact) mass is 311 g/mol. The van der Waals surface area contributed by atoms with Gasteiger partial charge in [0.05, 0.1) is 66.1 Å². The van der Waals surface area contributed by atoms with Gasteiger partial charge in [0.1, 0.15) is 6.67 Å². The Morgan fingerprint density at radius 2 is 0.905 bits per heavy atom. The van der Waals surface area contributed by atoms with Gasteiger partial charge in [0.25, 0.3) is 0 Å². The van der Waals surface area contributed by atoms with Gasteiger partial charge in [-0.3, -0.25) is 0 Å². The van der Waals surface area contributed by atoms with E-state index in [1.807, 2.05) is 14.1 Å². The molecule has 0 radical (unpaired) electrons. The number of ether oxygens (including phenoxy) is 5. The Labute approximate surface area is 127 Å². The molecular weight excluding hydrogens is 281 g/mol. The summed E-state index contributed by atoms with van der Waals surface area (Å²) in [6.45, 7) is 5.51. The van der Waals surface area contributed by atoms with E-state index in [4.69, 9.17) is 23.7 Å². The van der Waals surface area contributed by atoms with Crippen LogP contribution < -0.4 is 0 Å². The molecule has 0 saturated carbocycles. The van der Waals surface area contributed by atoms with Gasteiger partial charge in [-0.2, -0.15) is 0 Å². The highest BCUT2D eigenvalue weighted by Gasteiger charge is 1.94. The first-order valence-electron chi connectivity index (χ1n) is 7.36. The fraction of sp³-hybridized carbons (Fsp3) is 1.00. The number of likely N-dealkylation sites (N-methyl/N-ethyl adjacent to an activating group) is 1. The fourth-order valence-corrected chi connectivity index (χ4v) is 1.28. The van der Waals surface area contributed by atoms with Gasteiger partial charge in [0, 0.05) is 6.54 Å². The number of halogens is 1. The predicted molar refractivity (Wildman–Crippen MR) is 78.6 cm³/mol. The molecule has 0 aromatic rings. The average Bonchev–Trinajstić information content (AvgIpc) is 2.46. The summed E-state index contributed by atoms with van der Waals surface area (Å²) in [4.78, 5) is 2.07. The predicted octanol–water partition coefficient (Wildman–Crippen LogP) is 0.601. The summed E-state index contributed by atoms with van der Waals surface area (Å²) >= 11 is 0. The highest BCUT2D eigenvalue weighted by molar-refractivity contribution is 4.40. The van der Waals surface area contributed by atoms with Gasteiger partial charge >= 0.3 is 0 Å². The zero-order valence-corrected chi connectivity index (χ0v) is 13.4. The van der Waals surface area contributed by atoms with E-state index in [-0.39, 0.29) is 6.61 Å². The lowest BCUT2D eigenvalue weighted by molar-refractivity contribution is -0.0123. The molecule has 0 fully saturated rings. The van der Waals surface area contributed by atoms with Crippen molar-refractivity contribution < 1.29 is 28.1 Å². The third kappa shape index (κ3) is 19.7. The summed E-state index contributed by atoms with van der Waals surface area (Å²) in [5.74, 6) is 0. The summed E-state index contributed by atoms with van der Waals surface area (Å²) < 4.78 is 37.9. The quantitative estimate of drug-likeness (QED) is 0.367. The van der Waals surface area contributed by atoms with Crippen LogP contribution in [0.15, 0.2) is 0 Å². The van der Waals surface area contributed by atoms with E-state index in [1.54, 1.807) is 0 Å². The Bertz CT molecular complexity index is 198. The van der Waals surface area contributed by atoms with Crippen LogP contribution in [0.2, 0.25) is 0 Å². The Balaban J connectivity index is 2.93. The van der Waals surface area contributed by atoms with E-state index in [0.29, 0.717) is 52.9 Å². The second-order valence-corrected chi connectivity index (χ2v) is 4.55. The molecule has 0 unspecified atom stereocenters. The summed E-state index contributed by atoms with van der Waals surface area (Å²) in [6, 6.07) is 0. The molecule has 6 nitrogen and oxygen atoms in total. The number of hydrogen-bond acceptors (Lipinski definition) is 6. The van der Waals surface area contributed by atoms with Crippen LogP contribution in [0.1, 0.15) is 0 Å². The van der Waals surface area contributed by atoms with Gasteiger partial charge in [0.2, 0.25) is 0 Å². The van der Waals surface area contributed by atoms with Crippen LogP contribution in [0.5, 0.6) is 0 Å². The standard InChI is InChI=1S/C14H30FNO5/c1-16(2)4-6-18-8-10-20-12-14-21-13-11-19-9-7-17-5-3-15/h3-14H2,1-2H3. The van der Waals surface area contributed by atoms with Crippen LogP contribution in [0.4, 0.5) is 4.39 Å². The molecule has 0 atom stereocenters. The maximum atomic E-state index is 11.7. The van der Waals surface area contributed by atoms with Crippen molar-refractivity contribution in [2.45, 2.75) is 0 Å². The Hall–Kier alpha value is -0.310. The first-order chi connectivity index (χ1) is 10.3. The zero-order valence-electron chi connectivity index (χ0n) is 13.4. The molecule has 128 valence electrons. The minimum absolute atomic E-state index is 0.135. The van der Waals surface area contributed by atoms with E-state index in [0.717, 1.165) is 13.2 Å². The second kappa shape index (κ2) is 17.7. The highest BCUT2D eigenvalue weighted by atomic mass is 19.1. The number of alkyl halides is 1. The highest BCUT2D eigenvalue weighted by Crippen LogP contribution is 1.84. The summed E-state index contributed by atoms with van der Waals surface area (Å²) in [7, 11) is 4.02. The molecule has 0 aromatic heterocycles. The third-order valence-electron chi connectivity index (χ3n) is 2.39. The van der Waals surface area contributed by atoms with Crippen molar-refractivity contribution in [1.82, 2.24) is 4.90 Å². The summed E-state index contributed by atoms with van der Waals surface area (Å²) in [5, 5.41) is 0. The average molecular weight is 311 g/mol. The van der Waals surface area contributed by atoms with Crippen molar-refractivity contribution >= 4 is 0 Å². The van der Waals surface area contributed by atoms with E-state index in [1.165, 1.54) is 0 Å². The van der Waals surface area contributed by atoms with E-state index >= 15 is 0 Å². The van der Waals surface area contributed by atoms with Gasteiger partial charge in [-0.25, -0.2) is 4.39 Å². The van der Waals surface area contributed by atoms with Gasteiger partial charge < -0.3 is 28.6 Å². The molecule has 7 heteroatoms. The maximum Gasteiger partial charge on any atom is 0.113 e. The first-order valence-corrected chi connectivity index (χ1v) is 7.36. The molecule has 0 aliphatic carbocycles. The Kier molecular flexibility index (Phi) is 17.5.